The third-order valence-corrected chi connectivity index (χ3v) is 7.16. The number of hydrogen-bond donors (Lipinski definition) is 0. The molecule has 0 unspecified atom stereocenters. The van der Waals surface area contributed by atoms with Crippen LogP contribution in [0.4, 0.5) is 0 Å². The molecule has 1 saturated heterocycles. The minimum atomic E-state index is 0.0494. The molecule has 144 valence electrons. The van der Waals surface area contributed by atoms with Crippen molar-refractivity contribution in [3.8, 4) is 15.6 Å². The van der Waals surface area contributed by atoms with E-state index in [4.69, 9.17) is 4.74 Å². The summed E-state index contributed by atoms with van der Waals surface area (Å²) < 4.78 is 5.59. The summed E-state index contributed by atoms with van der Waals surface area (Å²) in [5, 5.41) is 4.85. The van der Waals surface area contributed by atoms with Crippen LogP contribution in [0, 0.1) is 0 Å². The fourth-order valence-electron chi connectivity index (χ4n) is 3.75. The van der Waals surface area contributed by atoms with E-state index in [-0.39, 0.29) is 5.91 Å². The number of fused-ring (bicyclic) bond motifs is 1. The Balaban J connectivity index is 1.18. The molecule has 1 aromatic carbocycles. The second kappa shape index (κ2) is 7.66. The molecule has 1 fully saturated rings. The first kappa shape index (κ1) is 17.8. The van der Waals surface area contributed by atoms with E-state index in [1.807, 2.05) is 27.8 Å². The molecule has 0 aliphatic carbocycles. The lowest BCUT2D eigenvalue weighted by Crippen LogP contribution is -2.48. The summed E-state index contributed by atoms with van der Waals surface area (Å²) in [6.07, 6.45) is 1.01. The number of amides is 1. The topological polar surface area (TPSA) is 45.7 Å². The number of thiophene rings is 1. The second-order valence-electron chi connectivity index (χ2n) is 7.12. The Morgan fingerprint density at radius 3 is 2.86 bits per heavy atom. The number of aromatic nitrogens is 1. The monoisotopic (exact) mass is 411 g/mol. The van der Waals surface area contributed by atoms with Crippen LogP contribution < -0.4 is 4.74 Å². The number of carbonyl (C=O) groups excluding carboxylic acids is 1. The van der Waals surface area contributed by atoms with Gasteiger partial charge in [0.25, 0.3) is 5.91 Å². The molecule has 0 N–H and O–H groups in total. The zero-order valence-corrected chi connectivity index (χ0v) is 17.1. The second-order valence-corrected chi connectivity index (χ2v) is 8.93. The van der Waals surface area contributed by atoms with Crippen molar-refractivity contribution >= 4 is 28.6 Å². The van der Waals surface area contributed by atoms with Crippen LogP contribution in [0.25, 0.3) is 9.88 Å². The van der Waals surface area contributed by atoms with Gasteiger partial charge in [0.1, 0.15) is 16.5 Å². The molecule has 28 heavy (non-hydrogen) atoms. The molecule has 4 heterocycles. The normalized spacial score (nSPS) is 16.8. The molecule has 2 aliphatic heterocycles. The quantitative estimate of drug-likeness (QED) is 0.656. The Morgan fingerprint density at radius 2 is 2.04 bits per heavy atom. The summed E-state index contributed by atoms with van der Waals surface area (Å²) >= 11 is 3.20. The first-order valence-corrected chi connectivity index (χ1v) is 11.3. The summed E-state index contributed by atoms with van der Waals surface area (Å²) in [5.41, 5.74) is 3.21. The molecule has 1 amide bonds. The zero-order valence-electron chi connectivity index (χ0n) is 15.5. The first-order chi connectivity index (χ1) is 13.8. The van der Waals surface area contributed by atoms with Crippen LogP contribution >= 0.6 is 22.7 Å². The lowest BCUT2D eigenvalue weighted by Gasteiger charge is -2.34. The largest absolute Gasteiger partial charge is 0.493 e. The number of ether oxygens (including phenoxy) is 1. The van der Waals surface area contributed by atoms with Gasteiger partial charge in [-0.3, -0.25) is 9.69 Å². The van der Waals surface area contributed by atoms with Gasteiger partial charge in [-0.1, -0.05) is 18.2 Å². The van der Waals surface area contributed by atoms with Gasteiger partial charge >= 0.3 is 0 Å². The molecule has 0 atom stereocenters. The maximum atomic E-state index is 12.8. The minimum Gasteiger partial charge on any atom is -0.493 e. The van der Waals surface area contributed by atoms with Crippen molar-refractivity contribution in [2.24, 2.45) is 0 Å². The van der Waals surface area contributed by atoms with Crippen molar-refractivity contribution in [2.75, 3.05) is 32.8 Å². The fraction of sp³-hybridized carbons (Fsp3) is 0.333. The SMILES string of the molecule is O=C(c1csc(-c2cccs2)n1)N1CCN(Cc2ccc3c(c2)CCO3)CC1. The third-order valence-electron chi connectivity index (χ3n) is 5.27. The van der Waals surface area contributed by atoms with Crippen molar-refractivity contribution in [3.63, 3.8) is 0 Å². The highest BCUT2D eigenvalue weighted by Crippen LogP contribution is 2.29. The molecule has 2 aliphatic rings. The number of hydrogen-bond acceptors (Lipinski definition) is 6. The Labute approximate surface area is 172 Å². The Bertz CT molecular complexity index is 975. The van der Waals surface area contributed by atoms with Gasteiger partial charge in [-0.2, -0.15) is 0 Å². The van der Waals surface area contributed by atoms with E-state index in [0.29, 0.717) is 5.69 Å². The number of benzene rings is 1. The minimum absolute atomic E-state index is 0.0494. The van der Waals surface area contributed by atoms with Crippen molar-refractivity contribution in [1.82, 2.24) is 14.8 Å². The zero-order chi connectivity index (χ0) is 18.9. The van der Waals surface area contributed by atoms with E-state index in [1.54, 1.807) is 22.7 Å². The van der Waals surface area contributed by atoms with Crippen molar-refractivity contribution in [2.45, 2.75) is 13.0 Å². The average molecular weight is 412 g/mol. The number of rotatable bonds is 4. The molecule has 3 aromatic rings. The standard InChI is InChI=1S/C21H21N3O2S2/c25-21(17-14-28-20(22-17)19-2-1-11-27-19)24-8-6-23(7-9-24)13-15-3-4-18-16(12-15)5-10-26-18/h1-4,11-12,14H,5-10,13H2. The molecular formula is C21H21N3O2S2. The van der Waals surface area contributed by atoms with Gasteiger partial charge in [-0.05, 0) is 28.6 Å². The van der Waals surface area contributed by atoms with Gasteiger partial charge in [0.2, 0.25) is 0 Å². The lowest BCUT2D eigenvalue weighted by atomic mass is 10.1. The Kier molecular flexibility index (Phi) is 4.88. The van der Waals surface area contributed by atoms with Crippen LogP contribution in [0.1, 0.15) is 21.6 Å². The van der Waals surface area contributed by atoms with Crippen molar-refractivity contribution in [3.05, 3.63) is 57.9 Å². The van der Waals surface area contributed by atoms with Crippen molar-refractivity contribution < 1.29 is 9.53 Å². The van der Waals surface area contributed by atoms with Gasteiger partial charge in [0, 0.05) is 44.5 Å². The lowest BCUT2D eigenvalue weighted by molar-refractivity contribution is 0.0623. The van der Waals surface area contributed by atoms with Crippen LogP contribution in [0.2, 0.25) is 0 Å². The molecule has 0 saturated carbocycles. The number of piperazine rings is 1. The van der Waals surface area contributed by atoms with E-state index in [0.717, 1.165) is 61.4 Å². The van der Waals surface area contributed by atoms with Crippen LogP contribution in [0.5, 0.6) is 5.75 Å². The smallest absolute Gasteiger partial charge is 0.273 e. The maximum absolute atomic E-state index is 12.8. The van der Waals surface area contributed by atoms with Crippen LogP contribution in [-0.4, -0.2) is 53.5 Å². The summed E-state index contributed by atoms with van der Waals surface area (Å²) in [5.74, 6) is 1.08. The average Bonchev–Trinajstić information content (AvgIpc) is 3.48. The molecule has 5 nitrogen and oxygen atoms in total. The molecule has 7 heteroatoms. The Hall–Kier alpha value is -2.22. The summed E-state index contributed by atoms with van der Waals surface area (Å²) in [4.78, 5) is 22.8. The number of nitrogens with zero attached hydrogens (tertiary/aromatic N) is 3. The molecule has 0 bridgehead atoms. The molecule has 0 spiro atoms. The first-order valence-electron chi connectivity index (χ1n) is 9.52. The van der Waals surface area contributed by atoms with E-state index in [9.17, 15) is 4.79 Å². The van der Waals surface area contributed by atoms with Gasteiger partial charge in [-0.25, -0.2) is 4.98 Å². The summed E-state index contributed by atoms with van der Waals surface area (Å²) in [7, 11) is 0. The van der Waals surface area contributed by atoms with Gasteiger partial charge in [0.05, 0.1) is 11.5 Å². The third kappa shape index (κ3) is 3.57. The molecule has 2 aromatic heterocycles. The number of carbonyl (C=O) groups is 1. The number of thiazole rings is 1. The van der Waals surface area contributed by atoms with Crippen LogP contribution in [0.15, 0.2) is 41.1 Å². The predicted octanol–water partition coefficient (Wildman–Crippen LogP) is 3.76. The van der Waals surface area contributed by atoms with E-state index in [1.165, 1.54) is 11.1 Å². The predicted molar refractivity (Wildman–Crippen MR) is 112 cm³/mol. The molecule has 0 radical (unpaired) electrons. The van der Waals surface area contributed by atoms with Gasteiger partial charge < -0.3 is 9.64 Å². The Morgan fingerprint density at radius 1 is 1.14 bits per heavy atom. The highest BCUT2D eigenvalue weighted by atomic mass is 32.1. The van der Waals surface area contributed by atoms with E-state index < -0.39 is 0 Å². The fourth-order valence-corrected chi connectivity index (χ4v) is 5.36. The molecule has 5 rings (SSSR count). The van der Waals surface area contributed by atoms with E-state index in [2.05, 4.69) is 28.1 Å². The highest BCUT2D eigenvalue weighted by molar-refractivity contribution is 7.20. The summed E-state index contributed by atoms with van der Waals surface area (Å²) in [6.45, 7) is 5.00. The maximum Gasteiger partial charge on any atom is 0.273 e. The van der Waals surface area contributed by atoms with Crippen LogP contribution in [-0.2, 0) is 13.0 Å². The van der Waals surface area contributed by atoms with Gasteiger partial charge in [-0.15, -0.1) is 22.7 Å². The summed E-state index contributed by atoms with van der Waals surface area (Å²) in [6, 6.07) is 10.6. The van der Waals surface area contributed by atoms with Crippen molar-refractivity contribution in [1.29, 1.82) is 0 Å². The van der Waals surface area contributed by atoms with Crippen LogP contribution in [0.3, 0.4) is 0 Å². The van der Waals surface area contributed by atoms with E-state index >= 15 is 0 Å². The molecular weight excluding hydrogens is 390 g/mol. The highest BCUT2D eigenvalue weighted by Gasteiger charge is 2.24. The van der Waals surface area contributed by atoms with Gasteiger partial charge in [0.15, 0.2) is 0 Å².